The monoisotopic (exact) mass is 515 g/mol. The van der Waals surface area contributed by atoms with Crippen molar-refractivity contribution in [1.29, 1.82) is 0 Å². The van der Waals surface area contributed by atoms with Crippen LogP contribution in [-0.4, -0.2) is 75.9 Å². The van der Waals surface area contributed by atoms with Crippen LogP contribution < -0.4 is 10.1 Å². The van der Waals surface area contributed by atoms with Crippen molar-refractivity contribution in [3.8, 4) is 5.75 Å². The summed E-state index contributed by atoms with van der Waals surface area (Å²) in [6.45, 7) is 1.12. The summed E-state index contributed by atoms with van der Waals surface area (Å²) >= 11 is 0. The molecule has 1 aliphatic heterocycles. The summed E-state index contributed by atoms with van der Waals surface area (Å²) in [7, 11) is -0.666. The normalized spacial score (nSPS) is 17.4. The number of sulfonamides is 1. The molecular formula is C26H33N3O6S. The first-order chi connectivity index (χ1) is 17.3. The zero-order valence-electron chi connectivity index (χ0n) is 20.7. The standard InChI is InChI=1S/C26H33N3O6S/c1-28(20-8-4-3-5-9-20)26(31)22-11-7-6-10-21(22)25(30)27-19-12-13-23(34-2)24(18-19)36(32,33)29-14-16-35-17-15-29/h6-7,10-13,18,20H,3-5,8-9,14-17H2,1-2H3,(H,27,30). The largest absolute Gasteiger partial charge is 0.495 e. The first kappa shape index (κ1) is 26.1. The van der Waals surface area contributed by atoms with Gasteiger partial charge in [-0.05, 0) is 43.2 Å². The summed E-state index contributed by atoms with van der Waals surface area (Å²) in [6, 6.07) is 11.3. The van der Waals surface area contributed by atoms with Gasteiger partial charge in [-0.3, -0.25) is 9.59 Å². The molecule has 0 aromatic heterocycles. The second-order valence-electron chi connectivity index (χ2n) is 9.09. The molecule has 2 aromatic carbocycles. The Kier molecular flexibility index (Phi) is 8.28. The average Bonchev–Trinajstić information content (AvgIpc) is 2.93. The molecule has 9 nitrogen and oxygen atoms in total. The number of hydrogen-bond acceptors (Lipinski definition) is 6. The van der Waals surface area contributed by atoms with Crippen LogP contribution in [-0.2, 0) is 14.8 Å². The Morgan fingerprint density at radius 3 is 2.36 bits per heavy atom. The lowest BCUT2D eigenvalue weighted by Crippen LogP contribution is -2.40. The SMILES string of the molecule is COc1ccc(NC(=O)c2ccccc2C(=O)N(C)C2CCCCC2)cc1S(=O)(=O)N1CCOCC1. The number of nitrogens with one attached hydrogen (secondary N) is 1. The number of nitrogens with zero attached hydrogens (tertiary/aromatic N) is 2. The van der Waals surface area contributed by atoms with Crippen molar-refractivity contribution in [3.05, 3.63) is 53.6 Å². The van der Waals surface area contributed by atoms with E-state index in [9.17, 15) is 18.0 Å². The topological polar surface area (TPSA) is 105 Å². The van der Waals surface area contributed by atoms with Gasteiger partial charge in [0.05, 0.1) is 31.5 Å². The number of anilines is 1. The molecule has 0 bridgehead atoms. The Morgan fingerprint density at radius 2 is 1.69 bits per heavy atom. The maximum atomic E-state index is 13.3. The van der Waals surface area contributed by atoms with Crippen molar-refractivity contribution in [3.63, 3.8) is 0 Å². The maximum absolute atomic E-state index is 13.3. The summed E-state index contributed by atoms with van der Waals surface area (Å²) in [5.41, 5.74) is 0.840. The van der Waals surface area contributed by atoms with E-state index in [2.05, 4.69) is 5.32 Å². The first-order valence-electron chi connectivity index (χ1n) is 12.3. The lowest BCUT2D eigenvalue weighted by molar-refractivity contribution is 0.0692. The number of rotatable bonds is 7. The van der Waals surface area contributed by atoms with Crippen LogP contribution in [0.5, 0.6) is 5.75 Å². The summed E-state index contributed by atoms with van der Waals surface area (Å²) < 4.78 is 38.5. The summed E-state index contributed by atoms with van der Waals surface area (Å²) in [4.78, 5) is 28.3. The molecule has 2 aliphatic rings. The van der Waals surface area contributed by atoms with Gasteiger partial charge in [0.25, 0.3) is 11.8 Å². The Bertz CT molecular complexity index is 1200. The summed E-state index contributed by atoms with van der Waals surface area (Å²) in [5, 5.41) is 2.77. The Hall–Kier alpha value is -2.95. The minimum Gasteiger partial charge on any atom is -0.495 e. The van der Waals surface area contributed by atoms with Gasteiger partial charge in [-0.15, -0.1) is 0 Å². The quantitative estimate of drug-likeness (QED) is 0.606. The van der Waals surface area contributed by atoms with Crippen LogP contribution >= 0.6 is 0 Å². The molecule has 0 radical (unpaired) electrons. The highest BCUT2D eigenvalue weighted by molar-refractivity contribution is 7.89. The number of hydrogen-bond donors (Lipinski definition) is 1. The summed E-state index contributed by atoms with van der Waals surface area (Å²) in [5.74, 6) is -0.502. The molecule has 36 heavy (non-hydrogen) atoms. The zero-order valence-corrected chi connectivity index (χ0v) is 21.6. The highest BCUT2D eigenvalue weighted by atomic mass is 32.2. The van der Waals surface area contributed by atoms with Gasteiger partial charge in [0, 0.05) is 31.9 Å². The molecule has 2 aromatic rings. The van der Waals surface area contributed by atoms with Crippen molar-refractivity contribution in [2.75, 3.05) is 45.8 Å². The van der Waals surface area contributed by atoms with E-state index in [-0.39, 0.29) is 46.9 Å². The third-order valence-electron chi connectivity index (χ3n) is 6.85. The lowest BCUT2D eigenvalue weighted by atomic mass is 9.93. The molecule has 0 unspecified atom stereocenters. The van der Waals surface area contributed by atoms with Crippen LogP contribution in [0.1, 0.15) is 52.8 Å². The molecule has 2 fully saturated rings. The summed E-state index contributed by atoms with van der Waals surface area (Å²) in [6.07, 6.45) is 5.30. The number of methoxy groups -OCH3 is 1. The molecule has 1 saturated carbocycles. The molecule has 1 saturated heterocycles. The number of ether oxygens (including phenoxy) is 2. The molecule has 0 atom stereocenters. The molecule has 10 heteroatoms. The second kappa shape index (κ2) is 11.4. The minimum absolute atomic E-state index is 0.0360. The van der Waals surface area contributed by atoms with E-state index >= 15 is 0 Å². The molecule has 4 rings (SSSR count). The molecule has 194 valence electrons. The Morgan fingerprint density at radius 1 is 1.03 bits per heavy atom. The average molecular weight is 516 g/mol. The third-order valence-corrected chi connectivity index (χ3v) is 8.77. The van der Waals surface area contributed by atoms with Crippen LogP contribution in [0.4, 0.5) is 5.69 Å². The number of morpholine rings is 1. The van der Waals surface area contributed by atoms with Gasteiger partial charge in [-0.25, -0.2) is 8.42 Å². The zero-order chi connectivity index (χ0) is 25.7. The predicted octanol–water partition coefficient (Wildman–Crippen LogP) is 3.37. The molecular weight excluding hydrogens is 482 g/mol. The van der Waals surface area contributed by atoms with Crippen molar-refractivity contribution >= 4 is 27.5 Å². The molecule has 2 amide bonds. The smallest absolute Gasteiger partial charge is 0.256 e. The van der Waals surface area contributed by atoms with Gasteiger partial charge in [0.1, 0.15) is 10.6 Å². The Balaban J connectivity index is 1.58. The van der Waals surface area contributed by atoms with Gasteiger partial charge in [-0.1, -0.05) is 31.4 Å². The fourth-order valence-electron chi connectivity index (χ4n) is 4.77. The third kappa shape index (κ3) is 5.55. The van der Waals surface area contributed by atoms with E-state index in [1.165, 1.54) is 30.0 Å². The first-order valence-corrected chi connectivity index (χ1v) is 13.7. The van der Waals surface area contributed by atoms with Crippen LogP contribution in [0.2, 0.25) is 0 Å². The molecule has 0 spiro atoms. The highest BCUT2D eigenvalue weighted by Crippen LogP contribution is 2.31. The van der Waals surface area contributed by atoms with E-state index in [4.69, 9.17) is 9.47 Å². The van der Waals surface area contributed by atoms with Crippen molar-refractivity contribution in [1.82, 2.24) is 9.21 Å². The van der Waals surface area contributed by atoms with Crippen LogP contribution in [0, 0.1) is 0 Å². The van der Waals surface area contributed by atoms with Crippen molar-refractivity contribution < 1.29 is 27.5 Å². The van der Waals surface area contributed by atoms with Crippen molar-refractivity contribution in [2.45, 2.75) is 43.0 Å². The number of benzene rings is 2. The fraction of sp³-hybridized carbons (Fsp3) is 0.462. The van der Waals surface area contributed by atoms with E-state index in [0.717, 1.165) is 25.7 Å². The highest BCUT2D eigenvalue weighted by Gasteiger charge is 2.30. The maximum Gasteiger partial charge on any atom is 0.256 e. The van der Waals surface area contributed by atoms with Crippen LogP contribution in [0.15, 0.2) is 47.4 Å². The van der Waals surface area contributed by atoms with Gasteiger partial charge in [0.15, 0.2) is 0 Å². The van der Waals surface area contributed by atoms with Gasteiger partial charge < -0.3 is 19.7 Å². The minimum atomic E-state index is -3.86. The van der Waals surface area contributed by atoms with E-state index in [0.29, 0.717) is 18.8 Å². The van der Waals surface area contributed by atoms with E-state index in [1.807, 2.05) is 0 Å². The number of amides is 2. The predicted molar refractivity (Wildman–Crippen MR) is 136 cm³/mol. The molecule has 1 heterocycles. The molecule has 1 N–H and O–H groups in total. The van der Waals surface area contributed by atoms with E-state index < -0.39 is 15.9 Å². The Labute approximate surface area is 212 Å². The van der Waals surface area contributed by atoms with Crippen LogP contribution in [0.3, 0.4) is 0 Å². The fourth-order valence-corrected chi connectivity index (χ4v) is 6.36. The number of carbonyl (C=O) groups excluding carboxylic acids is 2. The van der Waals surface area contributed by atoms with Crippen molar-refractivity contribution in [2.24, 2.45) is 0 Å². The van der Waals surface area contributed by atoms with Gasteiger partial charge in [0.2, 0.25) is 10.0 Å². The second-order valence-corrected chi connectivity index (χ2v) is 11.0. The van der Waals surface area contributed by atoms with Gasteiger partial charge >= 0.3 is 0 Å². The molecule has 1 aliphatic carbocycles. The van der Waals surface area contributed by atoms with Gasteiger partial charge in [-0.2, -0.15) is 4.31 Å². The van der Waals surface area contributed by atoms with Crippen LogP contribution in [0.25, 0.3) is 0 Å². The number of carbonyl (C=O) groups is 2. The van der Waals surface area contributed by atoms with E-state index in [1.54, 1.807) is 42.3 Å². The lowest BCUT2D eigenvalue weighted by Gasteiger charge is -2.31.